The van der Waals surface area contributed by atoms with Crippen LogP contribution in [0.5, 0.6) is 0 Å². The van der Waals surface area contributed by atoms with Gasteiger partial charge in [0, 0.05) is 18.7 Å². The highest BCUT2D eigenvalue weighted by molar-refractivity contribution is 5.96. The number of pyridine rings is 1. The second-order valence-electron chi connectivity index (χ2n) is 3.98. The van der Waals surface area contributed by atoms with Crippen molar-refractivity contribution in [2.24, 2.45) is 11.7 Å². The highest BCUT2D eigenvalue weighted by Crippen LogP contribution is 2.33. The van der Waals surface area contributed by atoms with Crippen LogP contribution in [0.2, 0.25) is 0 Å². The lowest BCUT2D eigenvalue weighted by molar-refractivity contribution is 0.0967. The second kappa shape index (κ2) is 4.06. The van der Waals surface area contributed by atoms with Gasteiger partial charge in [-0.3, -0.25) is 9.78 Å². The average molecular weight is 208 g/mol. The van der Waals surface area contributed by atoms with E-state index in [2.05, 4.69) is 4.98 Å². The van der Waals surface area contributed by atoms with E-state index < -0.39 is 5.82 Å². The summed E-state index contributed by atoms with van der Waals surface area (Å²) < 4.78 is 13.2. The van der Waals surface area contributed by atoms with Crippen LogP contribution >= 0.6 is 0 Å². The van der Waals surface area contributed by atoms with E-state index in [-0.39, 0.29) is 23.8 Å². The van der Waals surface area contributed by atoms with E-state index >= 15 is 0 Å². The first-order chi connectivity index (χ1) is 7.18. The van der Waals surface area contributed by atoms with Gasteiger partial charge in [-0.25, -0.2) is 4.39 Å². The molecule has 1 aliphatic carbocycles. The zero-order valence-corrected chi connectivity index (χ0v) is 8.32. The molecule has 15 heavy (non-hydrogen) atoms. The van der Waals surface area contributed by atoms with Crippen LogP contribution in [0.3, 0.4) is 0 Å². The first-order valence-corrected chi connectivity index (χ1v) is 5.07. The molecule has 0 spiro atoms. The number of aromatic nitrogens is 1. The SMILES string of the molecule is NC(CC(=O)c1ccncc1F)C1CC1. The monoisotopic (exact) mass is 208 g/mol. The van der Waals surface area contributed by atoms with Crippen molar-refractivity contribution < 1.29 is 9.18 Å². The van der Waals surface area contributed by atoms with Crippen molar-refractivity contribution in [1.29, 1.82) is 0 Å². The van der Waals surface area contributed by atoms with E-state index in [4.69, 9.17) is 5.73 Å². The molecule has 1 aromatic rings. The van der Waals surface area contributed by atoms with Crippen LogP contribution in [0.4, 0.5) is 4.39 Å². The van der Waals surface area contributed by atoms with Crippen molar-refractivity contribution in [2.45, 2.75) is 25.3 Å². The summed E-state index contributed by atoms with van der Waals surface area (Å²) in [6.07, 6.45) is 4.88. The maximum Gasteiger partial charge on any atom is 0.167 e. The summed E-state index contributed by atoms with van der Waals surface area (Å²) in [7, 11) is 0. The molecule has 4 heteroatoms. The molecular formula is C11H13FN2O. The minimum atomic E-state index is -0.564. The smallest absolute Gasteiger partial charge is 0.167 e. The predicted molar refractivity (Wildman–Crippen MR) is 53.8 cm³/mol. The molecule has 80 valence electrons. The van der Waals surface area contributed by atoms with Crippen molar-refractivity contribution in [1.82, 2.24) is 4.98 Å². The highest BCUT2D eigenvalue weighted by atomic mass is 19.1. The fraction of sp³-hybridized carbons (Fsp3) is 0.455. The Hall–Kier alpha value is -1.29. The normalized spacial score (nSPS) is 17.5. The number of ketones is 1. The average Bonchev–Trinajstić information content (AvgIpc) is 3.01. The minimum absolute atomic E-state index is 0.0982. The Bertz CT molecular complexity index is 377. The lowest BCUT2D eigenvalue weighted by Crippen LogP contribution is -2.26. The molecule has 1 aliphatic rings. The van der Waals surface area contributed by atoms with Crippen molar-refractivity contribution in [3.63, 3.8) is 0 Å². The number of nitrogens with two attached hydrogens (primary N) is 1. The van der Waals surface area contributed by atoms with Gasteiger partial charge in [0.2, 0.25) is 0 Å². The molecule has 0 aliphatic heterocycles. The standard InChI is InChI=1S/C11H13FN2O/c12-9-6-14-4-3-8(9)11(15)5-10(13)7-1-2-7/h3-4,6-7,10H,1-2,5,13H2. The third kappa shape index (κ3) is 2.39. The molecule has 0 bridgehead atoms. The maximum absolute atomic E-state index is 13.2. The van der Waals surface area contributed by atoms with Gasteiger partial charge in [-0.2, -0.15) is 0 Å². The molecule has 1 heterocycles. The first kappa shape index (κ1) is 10.2. The van der Waals surface area contributed by atoms with Crippen molar-refractivity contribution >= 4 is 5.78 Å². The summed E-state index contributed by atoms with van der Waals surface area (Å²) in [5, 5.41) is 0. The first-order valence-electron chi connectivity index (χ1n) is 5.07. The molecule has 2 rings (SSSR count). The molecule has 0 aromatic carbocycles. The van der Waals surface area contributed by atoms with Gasteiger partial charge in [0.25, 0.3) is 0 Å². The van der Waals surface area contributed by atoms with Gasteiger partial charge in [0.1, 0.15) is 0 Å². The number of nitrogens with zero attached hydrogens (tertiary/aromatic N) is 1. The largest absolute Gasteiger partial charge is 0.327 e. The number of hydrogen-bond acceptors (Lipinski definition) is 3. The molecule has 1 aromatic heterocycles. The summed E-state index contributed by atoms with van der Waals surface area (Å²) in [5.41, 5.74) is 5.91. The van der Waals surface area contributed by atoms with Crippen LogP contribution in [0, 0.1) is 11.7 Å². The molecule has 0 amide bonds. The Morgan fingerprint density at radius 2 is 2.40 bits per heavy atom. The number of hydrogen-bond donors (Lipinski definition) is 1. The van der Waals surface area contributed by atoms with Gasteiger partial charge in [0.05, 0.1) is 11.8 Å². The summed E-state index contributed by atoms with van der Waals surface area (Å²) >= 11 is 0. The summed E-state index contributed by atoms with van der Waals surface area (Å²) in [6, 6.07) is 1.28. The van der Waals surface area contributed by atoms with Crippen LogP contribution in [0.1, 0.15) is 29.6 Å². The fourth-order valence-corrected chi connectivity index (χ4v) is 1.62. The lowest BCUT2D eigenvalue weighted by atomic mass is 10.0. The van der Waals surface area contributed by atoms with Crippen LogP contribution in [0.25, 0.3) is 0 Å². The molecule has 1 atom stereocenters. The van der Waals surface area contributed by atoms with Gasteiger partial charge in [-0.15, -0.1) is 0 Å². The Labute approximate surface area is 87.5 Å². The Balaban J connectivity index is 2.04. The van der Waals surface area contributed by atoms with Crippen LogP contribution < -0.4 is 5.73 Å². The zero-order valence-electron chi connectivity index (χ0n) is 8.32. The molecule has 0 radical (unpaired) electrons. The van der Waals surface area contributed by atoms with Crippen LogP contribution in [-0.2, 0) is 0 Å². The quantitative estimate of drug-likeness (QED) is 0.763. The van der Waals surface area contributed by atoms with Gasteiger partial charge >= 0.3 is 0 Å². The molecule has 1 saturated carbocycles. The molecule has 2 N–H and O–H groups in total. The molecule has 1 unspecified atom stereocenters. The van der Waals surface area contributed by atoms with E-state index in [9.17, 15) is 9.18 Å². The highest BCUT2D eigenvalue weighted by Gasteiger charge is 2.30. The van der Waals surface area contributed by atoms with Gasteiger partial charge in [-0.05, 0) is 24.8 Å². The van der Waals surface area contributed by atoms with Crippen molar-refractivity contribution in [2.75, 3.05) is 0 Å². The number of halogens is 1. The number of carbonyl (C=O) groups is 1. The van der Waals surface area contributed by atoms with E-state index in [0.29, 0.717) is 5.92 Å². The number of Topliss-reactive ketones (excluding diaryl/α,β-unsaturated/α-hetero) is 1. The minimum Gasteiger partial charge on any atom is -0.327 e. The van der Waals surface area contributed by atoms with Gasteiger partial charge < -0.3 is 5.73 Å². The topological polar surface area (TPSA) is 56.0 Å². The van der Waals surface area contributed by atoms with Crippen LogP contribution in [-0.4, -0.2) is 16.8 Å². The van der Waals surface area contributed by atoms with Gasteiger partial charge in [-0.1, -0.05) is 0 Å². The molecular weight excluding hydrogens is 195 g/mol. The summed E-state index contributed by atoms with van der Waals surface area (Å²) in [5.74, 6) is -0.335. The Morgan fingerprint density at radius 3 is 3.00 bits per heavy atom. The van der Waals surface area contributed by atoms with E-state index in [1.165, 1.54) is 12.3 Å². The molecule has 0 saturated heterocycles. The van der Waals surface area contributed by atoms with Crippen molar-refractivity contribution in [3.8, 4) is 0 Å². The summed E-state index contributed by atoms with van der Waals surface area (Å²) in [4.78, 5) is 15.3. The predicted octanol–water partition coefficient (Wildman–Crippen LogP) is 1.53. The van der Waals surface area contributed by atoms with Gasteiger partial charge in [0.15, 0.2) is 11.6 Å². The number of rotatable bonds is 4. The summed E-state index contributed by atoms with van der Waals surface area (Å²) in [6.45, 7) is 0. The van der Waals surface area contributed by atoms with Crippen LogP contribution in [0.15, 0.2) is 18.5 Å². The lowest BCUT2D eigenvalue weighted by Gasteiger charge is -2.08. The molecule has 3 nitrogen and oxygen atoms in total. The Kier molecular flexibility index (Phi) is 2.77. The fourth-order valence-electron chi connectivity index (χ4n) is 1.62. The van der Waals surface area contributed by atoms with E-state index in [0.717, 1.165) is 19.0 Å². The maximum atomic E-state index is 13.2. The third-order valence-electron chi connectivity index (χ3n) is 2.72. The Morgan fingerprint density at radius 1 is 1.67 bits per heavy atom. The van der Waals surface area contributed by atoms with E-state index in [1.807, 2.05) is 0 Å². The molecule has 1 fully saturated rings. The number of carbonyl (C=O) groups excluding carboxylic acids is 1. The second-order valence-corrected chi connectivity index (χ2v) is 3.98. The van der Waals surface area contributed by atoms with E-state index in [1.54, 1.807) is 0 Å². The van der Waals surface area contributed by atoms with Crippen molar-refractivity contribution in [3.05, 3.63) is 29.8 Å². The third-order valence-corrected chi connectivity index (χ3v) is 2.72. The zero-order chi connectivity index (χ0) is 10.8.